The molecule has 0 atom stereocenters. The Kier molecular flexibility index (Phi) is 6.98. The third kappa shape index (κ3) is 4.76. The highest BCUT2D eigenvalue weighted by Crippen LogP contribution is 2.37. The van der Waals surface area contributed by atoms with Crippen molar-refractivity contribution in [2.24, 2.45) is 0 Å². The molecule has 5 nitrogen and oxygen atoms in total. The highest BCUT2D eigenvalue weighted by Gasteiger charge is 2.31. The summed E-state index contributed by atoms with van der Waals surface area (Å²) < 4.78 is 7.25. The number of rotatable bonds is 3. The van der Waals surface area contributed by atoms with Gasteiger partial charge in [-0.05, 0) is 73.2 Å². The Labute approximate surface area is 213 Å². The summed E-state index contributed by atoms with van der Waals surface area (Å²) >= 11 is 19.0. The first-order valence-electron chi connectivity index (χ1n) is 11.4. The molecule has 2 heterocycles. The van der Waals surface area contributed by atoms with Crippen LogP contribution in [-0.4, -0.2) is 46.9 Å². The third-order valence-electron chi connectivity index (χ3n) is 6.26. The predicted octanol–water partition coefficient (Wildman–Crippen LogP) is 6.57. The van der Waals surface area contributed by atoms with E-state index in [9.17, 15) is 4.79 Å². The summed E-state index contributed by atoms with van der Waals surface area (Å²) in [6, 6.07) is 13.1. The summed E-state index contributed by atoms with van der Waals surface area (Å²) in [5.74, 6) is -0.0656. The second-order valence-electron chi connectivity index (χ2n) is 8.52. The van der Waals surface area contributed by atoms with E-state index in [-0.39, 0.29) is 5.91 Å². The lowest BCUT2D eigenvalue weighted by Crippen LogP contribution is -2.41. The van der Waals surface area contributed by atoms with Gasteiger partial charge >= 0.3 is 0 Å². The van der Waals surface area contributed by atoms with Gasteiger partial charge in [-0.15, -0.1) is 0 Å². The largest absolute Gasteiger partial charge is 0.378 e. The second-order valence-corrected chi connectivity index (χ2v) is 9.80. The highest BCUT2D eigenvalue weighted by atomic mass is 35.5. The maximum absolute atomic E-state index is 13.6. The number of amides is 1. The number of aromatic nitrogens is 2. The topological polar surface area (TPSA) is 47.4 Å². The molecule has 0 N–H and O–H groups in total. The van der Waals surface area contributed by atoms with Gasteiger partial charge in [-0.2, -0.15) is 5.10 Å². The molecule has 3 aromatic rings. The van der Waals surface area contributed by atoms with Crippen molar-refractivity contribution in [1.29, 1.82) is 0 Å². The summed E-state index contributed by atoms with van der Waals surface area (Å²) in [6.45, 7) is 2.20. The molecule has 1 aromatic heterocycles. The molecule has 176 valence electrons. The quantitative estimate of drug-likeness (QED) is 0.370. The van der Waals surface area contributed by atoms with Gasteiger partial charge in [-0.3, -0.25) is 4.79 Å². The first-order chi connectivity index (χ1) is 16.5. The van der Waals surface area contributed by atoms with Crippen LogP contribution in [0.1, 0.15) is 46.6 Å². The molecule has 34 heavy (non-hydrogen) atoms. The normalized spacial score (nSPS) is 17.5. The molecule has 1 aliphatic carbocycles. The van der Waals surface area contributed by atoms with Crippen molar-refractivity contribution < 1.29 is 9.53 Å². The average Bonchev–Trinajstić information content (AvgIpc) is 3.10. The minimum atomic E-state index is -0.0656. The second kappa shape index (κ2) is 10.1. The number of ether oxygens (including phenoxy) is 1. The highest BCUT2D eigenvalue weighted by molar-refractivity contribution is 6.34. The first kappa shape index (κ1) is 23.4. The average molecular weight is 517 g/mol. The van der Waals surface area contributed by atoms with Crippen LogP contribution in [0.3, 0.4) is 0 Å². The molecule has 0 spiro atoms. The molecule has 1 aliphatic heterocycles. The number of benzene rings is 2. The van der Waals surface area contributed by atoms with E-state index >= 15 is 0 Å². The maximum Gasteiger partial charge on any atom is 0.274 e. The number of fused-ring (bicyclic) bond motifs is 1. The molecule has 1 amide bonds. The van der Waals surface area contributed by atoms with Gasteiger partial charge in [0.15, 0.2) is 5.69 Å². The molecular weight excluding hydrogens is 493 g/mol. The summed E-state index contributed by atoms with van der Waals surface area (Å²) in [5, 5.41) is 6.64. The van der Waals surface area contributed by atoms with Crippen molar-refractivity contribution in [2.75, 3.05) is 26.3 Å². The molecule has 2 aliphatic rings. The lowest BCUT2D eigenvalue weighted by Gasteiger charge is -2.26. The van der Waals surface area contributed by atoms with Crippen molar-refractivity contribution >= 4 is 52.4 Å². The van der Waals surface area contributed by atoms with Crippen molar-refractivity contribution in [3.8, 4) is 5.69 Å². The van der Waals surface area contributed by atoms with Gasteiger partial charge in [-0.25, -0.2) is 4.68 Å². The first-order valence-corrected chi connectivity index (χ1v) is 12.6. The van der Waals surface area contributed by atoms with Crippen molar-refractivity contribution in [3.05, 3.63) is 80.0 Å². The minimum Gasteiger partial charge on any atom is -0.378 e. The fraction of sp³-hybridized carbons (Fsp3) is 0.308. The monoisotopic (exact) mass is 515 g/mol. The van der Waals surface area contributed by atoms with E-state index < -0.39 is 0 Å². The van der Waals surface area contributed by atoms with E-state index in [1.54, 1.807) is 18.2 Å². The van der Waals surface area contributed by atoms with E-state index in [1.807, 2.05) is 33.8 Å². The van der Waals surface area contributed by atoms with Gasteiger partial charge in [0, 0.05) is 28.7 Å². The van der Waals surface area contributed by atoms with Crippen molar-refractivity contribution in [2.45, 2.75) is 25.7 Å². The number of hydrogen-bond acceptors (Lipinski definition) is 3. The third-order valence-corrected chi connectivity index (χ3v) is 7.07. The fourth-order valence-electron chi connectivity index (χ4n) is 4.56. The summed E-state index contributed by atoms with van der Waals surface area (Å²) in [4.78, 5) is 15.4. The molecule has 0 unspecified atom stereocenters. The van der Waals surface area contributed by atoms with Crippen LogP contribution in [0.4, 0.5) is 0 Å². The number of nitrogens with zero attached hydrogens (tertiary/aromatic N) is 3. The lowest BCUT2D eigenvalue weighted by atomic mass is 10.0. The molecule has 1 fully saturated rings. The molecule has 0 radical (unpaired) electrons. The van der Waals surface area contributed by atoms with Gasteiger partial charge in [-0.1, -0.05) is 46.9 Å². The molecule has 5 rings (SSSR count). The van der Waals surface area contributed by atoms with Crippen LogP contribution >= 0.6 is 34.8 Å². The smallest absolute Gasteiger partial charge is 0.274 e. The van der Waals surface area contributed by atoms with Crippen LogP contribution < -0.4 is 0 Å². The zero-order chi connectivity index (χ0) is 23.7. The molecule has 1 saturated heterocycles. The van der Waals surface area contributed by atoms with Crippen molar-refractivity contribution in [1.82, 2.24) is 14.7 Å². The Morgan fingerprint density at radius 3 is 2.41 bits per heavy atom. The fourth-order valence-corrected chi connectivity index (χ4v) is 5.05. The molecule has 0 saturated carbocycles. The Morgan fingerprint density at radius 1 is 0.941 bits per heavy atom. The summed E-state index contributed by atoms with van der Waals surface area (Å²) in [5.41, 5.74) is 5.18. The van der Waals surface area contributed by atoms with E-state index in [4.69, 9.17) is 44.6 Å². The van der Waals surface area contributed by atoms with E-state index in [2.05, 4.69) is 6.08 Å². The van der Waals surface area contributed by atoms with Crippen LogP contribution in [0.2, 0.25) is 15.1 Å². The number of allylic oxidation sites excluding steroid dienone is 1. The minimum absolute atomic E-state index is 0.0656. The van der Waals surface area contributed by atoms with E-state index in [0.29, 0.717) is 52.8 Å². The zero-order valence-corrected chi connectivity index (χ0v) is 20.8. The number of carbonyl (C=O) groups excluding carboxylic acids is 1. The number of halogens is 3. The van der Waals surface area contributed by atoms with Crippen LogP contribution in [0.25, 0.3) is 17.3 Å². The van der Waals surface area contributed by atoms with Crippen LogP contribution in [-0.2, 0) is 11.2 Å². The van der Waals surface area contributed by atoms with E-state index in [1.165, 1.54) is 0 Å². The number of morpholine rings is 1. The van der Waals surface area contributed by atoms with Crippen LogP contribution in [0.15, 0.2) is 42.5 Å². The SMILES string of the molecule is O=C(c1nn(-c2cc(Cl)ccc2Cl)c2c1CCCCC2=Cc1ccc(Cl)cc1)N1CCOCC1. The van der Waals surface area contributed by atoms with Gasteiger partial charge in [0.25, 0.3) is 5.91 Å². The van der Waals surface area contributed by atoms with Crippen molar-refractivity contribution in [3.63, 3.8) is 0 Å². The molecule has 8 heteroatoms. The van der Waals surface area contributed by atoms with Gasteiger partial charge < -0.3 is 9.64 Å². The lowest BCUT2D eigenvalue weighted by molar-refractivity contribution is 0.0298. The maximum atomic E-state index is 13.6. The number of carbonyl (C=O) groups is 1. The Morgan fingerprint density at radius 2 is 1.65 bits per heavy atom. The van der Waals surface area contributed by atoms with E-state index in [0.717, 1.165) is 48.1 Å². The Bertz CT molecular complexity index is 1240. The van der Waals surface area contributed by atoms with Gasteiger partial charge in [0.05, 0.1) is 29.6 Å². The zero-order valence-electron chi connectivity index (χ0n) is 18.6. The van der Waals surface area contributed by atoms with Crippen LogP contribution in [0.5, 0.6) is 0 Å². The summed E-state index contributed by atoms with van der Waals surface area (Å²) in [6.07, 6.45) is 5.79. The Balaban J connectivity index is 1.70. The molecule has 2 aromatic carbocycles. The Hall–Kier alpha value is -2.31. The predicted molar refractivity (Wildman–Crippen MR) is 137 cm³/mol. The van der Waals surface area contributed by atoms with Gasteiger partial charge in [0.2, 0.25) is 0 Å². The number of hydrogen-bond donors (Lipinski definition) is 0. The molecule has 0 bridgehead atoms. The molecular formula is C26H24Cl3N3O2. The standard InChI is InChI=1S/C26H24Cl3N3O2/c27-19-7-5-17(6-8-19)15-18-3-1-2-4-21-24(26(33)31-11-13-34-14-12-31)30-32(25(18)21)23-16-20(28)9-10-22(23)29/h5-10,15-16H,1-4,11-14H2. The summed E-state index contributed by atoms with van der Waals surface area (Å²) in [7, 11) is 0. The van der Waals surface area contributed by atoms with Crippen LogP contribution in [0, 0.1) is 0 Å². The van der Waals surface area contributed by atoms with Gasteiger partial charge in [0.1, 0.15) is 0 Å².